The highest BCUT2D eigenvalue weighted by atomic mass is 16.7. The molecule has 1 unspecified atom stereocenters. The molecule has 0 fully saturated rings. The molecule has 29 heavy (non-hydrogen) atoms. The minimum Gasteiger partial charge on any atom is -0.505 e. The Bertz CT molecular complexity index is 899. The molecule has 1 atom stereocenters. The first-order valence-electron chi connectivity index (χ1n) is 9.49. The van der Waals surface area contributed by atoms with E-state index in [0.29, 0.717) is 29.0 Å². The van der Waals surface area contributed by atoms with E-state index in [1.165, 1.54) is 0 Å². The van der Waals surface area contributed by atoms with Crippen LogP contribution in [0.4, 0.5) is 11.4 Å². The fourth-order valence-electron chi connectivity index (χ4n) is 2.48. The number of azo groups is 1. The molecular weight excluding hydrogens is 368 g/mol. The molecule has 2 aromatic carbocycles. The van der Waals surface area contributed by atoms with Crippen molar-refractivity contribution < 1.29 is 19.4 Å². The number of hydrogen-bond acceptors (Lipinski definition) is 6. The summed E-state index contributed by atoms with van der Waals surface area (Å²) in [7, 11) is 0. The van der Waals surface area contributed by atoms with E-state index in [4.69, 9.17) is 9.47 Å². The number of phenols is 1. The molecule has 0 heterocycles. The van der Waals surface area contributed by atoms with Gasteiger partial charge in [-0.2, -0.15) is 5.11 Å². The van der Waals surface area contributed by atoms with E-state index in [1.807, 2.05) is 58.0 Å². The Morgan fingerprint density at radius 3 is 2.38 bits per heavy atom. The molecule has 0 aliphatic carbocycles. The van der Waals surface area contributed by atoms with E-state index in [1.54, 1.807) is 19.1 Å². The van der Waals surface area contributed by atoms with Gasteiger partial charge in [0.1, 0.15) is 17.2 Å². The van der Waals surface area contributed by atoms with Crippen molar-refractivity contribution >= 4 is 17.3 Å². The standard InChI is InChI=1S/C23H28N2O4/c1-7-20(29-22(27)15(2)3)28-17-13-18(23(4,5)6)21(26)19(14-17)25-24-16-11-9-8-10-12-16/h8-14,20,26H,2,7H2,1,3-6H3. The number of aromatic hydroxyl groups is 1. The molecule has 6 nitrogen and oxygen atoms in total. The van der Waals surface area contributed by atoms with Gasteiger partial charge in [0.25, 0.3) is 0 Å². The summed E-state index contributed by atoms with van der Waals surface area (Å²) in [4.78, 5) is 11.8. The zero-order chi connectivity index (χ0) is 21.6. The lowest BCUT2D eigenvalue weighted by Gasteiger charge is -2.24. The molecule has 0 bridgehead atoms. The first-order valence-corrected chi connectivity index (χ1v) is 9.49. The number of hydrogen-bond donors (Lipinski definition) is 1. The molecule has 2 rings (SSSR count). The van der Waals surface area contributed by atoms with Crippen LogP contribution in [0.25, 0.3) is 0 Å². The van der Waals surface area contributed by atoms with Gasteiger partial charge in [-0.3, -0.25) is 0 Å². The first-order chi connectivity index (χ1) is 13.6. The van der Waals surface area contributed by atoms with Gasteiger partial charge in [-0.15, -0.1) is 5.11 Å². The van der Waals surface area contributed by atoms with E-state index in [2.05, 4.69) is 16.8 Å². The van der Waals surface area contributed by atoms with Gasteiger partial charge >= 0.3 is 5.97 Å². The summed E-state index contributed by atoms with van der Waals surface area (Å²) in [6, 6.07) is 12.5. The second-order valence-electron chi connectivity index (χ2n) is 7.77. The molecule has 154 valence electrons. The summed E-state index contributed by atoms with van der Waals surface area (Å²) in [6.45, 7) is 12.9. The van der Waals surface area contributed by atoms with E-state index in [0.717, 1.165) is 0 Å². The number of ether oxygens (including phenoxy) is 2. The van der Waals surface area contributed by atoms with E-state index in [-0.39, 0.29) is 16.9 Å². The molecule has 2 aromatic rings. The summed E-state index contributed by atoms with van der Waals surface area (Å²) in [5, 5.41) is 19.1. The highest BCUT2D eigenvalue weighted by Crippen LogP contribution is 2.42. The van der Waals surface area contributed by atoms with Gasteiger partial charge in [0.2, 0.25) is 6.29 Å². The van der Waals surface area contributed by atoms with Crippen molar-refractivity contribution in [2.45, 2.75) is 52.7 Å². The lowest BCUT2D eigenvalue weighted by Crippen LogP contribution is -2.24. The third kappa shape index (κ3) is 6.17. The largest absolute Gasteiger partial charge is 0.505 e. The monoisotopic (exact) mass is 396 g/mol. The molecule has 0 amide bonds. The smallest absolute Gasteiger partial charge is 0.336 e. The molecular formula is C23H28N2O4. The van der Waals surface area contributed by atoms with Gasteiger partial charge in [-0.1, -0.05) is 52.5 Å². The van der Waals surface area contributed by atoms with Crippen molar-refractivity contribution in [1.29, 1.82) is 0 Å². The Kier molecular flexibility index (Phi) is 7.15. The Hall–Kier alpha value is -3.15. The van der Waals surface area contributed by atoms with E-state index in [9.17, 15) is 9.90 Å². The normalized spacial score (nSPS) is 12.6. The number of phenolic OH excluding ortho intramolecular Hbond substituents is 1. The molecule has 0 spiro atoms. The van der Waals surface area contributed by atoms with Crippen LogP contribution >= 0.6 is 0 Å². The minimum absolute atomic E-state index is 0.0384. The fourth-order valence-corrected chi connectivity index (χ4v) is 2.48. The van der Waals surface area contributed by atoms with Crippen molar-refractivity contribution in [3.8, 4) is 11.5 Å². The van der Waals surface area contributed by atoms with Gasteiger partial charge in [0, 0.05) is 23.6 Å². The molecule has 6 heteroatoms. The molecule has 0 saturated carbocycles. The van der Waals surface area contributed by atoms with E-state index < -0.39 is 12.3 Å². The lowest BCUT2D eigenvalue weighted by atomic mass is 9.86. The van der Waals surface area contributed by atoms with Crippen LogP contribution < -0.4 is 4.74 Å². The molecule has 1 N–H and O–H groups in total. The third-order valence-electron chi connectivity index (χ3n) is 4.09. The van der Waals surface area contributed by atoms with Crippen LogP contribution in [0.1, 0.15) is 46.6 Å². The van der Waals surface area contributed by atoms with Crippen molar-refractivity contribution in [1.82, 2.24) is 0 Å². The van der Waals surface area contributed by atoms with Crippen LogP contribution in [-0.4, -0.2) is 17.4 Å². The Morgan fingerprint density at radius 2 is 1.83 bits per heavy atom. The maximum Gasteiger partial charge on any atom is 0.336 e. The van der Waals surface area contributed by atoms with Crippen LogP contribution in [0.2, 0.25) is 0 Å². The predicted octanol–water partition coefficient (Wildman–Crippen LogP) is 6.34. The third-order valence-corrected chi connectivity index (χ3v) is 4.09. The number of benzene rings is 2. The average molecular weight is 396 g/mol. The van der Waals surface area contributed by atoms with Gasteiger partial charge < -0.3 is 14.6 Å². The molecule has 0 aliphatic heterocycles. The summed E-state index contributed by atoms with van der Waals surface area (Å²) >= 11 is 0. The number of nitrogens with zero attached hydrogens (tertiary/aromatic N) is 2. The van der Waals surface area contributed by atoms with Crippen molar-refractivity contribution in [3.05, 3.63) is 60.2 Å². The zero-order valence-corrected chi connectivity index (χ0v) is 17.6. The van der Waals surface area contributed by atoms with Crippen LogP contribution in [0.5, 0.6) is 11.5 Å². The number of esters is 1. The van der Waals surface area contributed by atoms with Crippen molar-refractivity contribution in [2.24, 2.45) is 10.2 Å². The summed E-state index contributed by atoms with van der Waals surface area (Å²) in [5.41, 5.74) is 1.52. The second kappa shape index (κ2) is 9.37. The second-order valence-corrected chi connectivity index (χ2v) is 7.77. The average Bonchev–Trinajstić information content (AvgIpc) is 2.67. The van der Waals surface area contributed by atoms with E-state index >= 15 is 0 Å². The fraction of sp³-hybridized carbons (Fsp3) is 0.348. The molecule has 0 radical (unpaired) electrons. The SMILES string of the molecule is C=C(C)C(=O)OC(CC)Oc1cc(N=Nc2ccccc2)c(O)c(C(C)(C)C)c1. The first kappa shape index (κ1) is 22.1. The van der Waals surface area contributed by atoms with Gasteiger partial charge in [0.05, 0.1) is 5.69 Å². The number of carbonyl (C=O) groups is 1. The molecule has 0 aliphatic rings. The summed E-state index contributed by atoms with van der Waals surface area (Å²) < 4.78 is 11.2. The van der Waals surface area contributed by atoms with Gasteiger partial charge in [-0.25, -0.2) is 4.79 Å². The Labute approximate surface area is 171 Å². The highest BCUT2D eigenvalue weighted by Gasteiger charge is 2.23. The van der Waals surface area contributed by atoms with Crippen LogP contribution in [0, 0.1) is 0 Å². The lowest BCUT2D eigenvalue weighted by molar-refractivity contribution is -0.159. The predicted molar refractivity (Wildman–Crippen MR) is 113 cm³/mol. The maximum atomic E-state index is 11.8. The van der Waals surface area contributed by atoms with Crippen LogP contribution in [0.3, 0.4) is 0 Å². The quantitative estimate of drug-likeness (QED) is 0.256. The van der Waals surface area contributed by atoms with Crippen molar-refractivity contribution in [2.75, 3.05) is 0 Å². The zero-order valence-electron chi connectivity index (χ0n) is 17.6. The molecule has 0 saturated heterocycles. The minimum atomic E-state index is -0.782. The number of rotatable bonds is 7. The van der Waals surface area contributed by atoms with Crippen LogP contribution in [0.15, 0.2) is 64.8 Å². The van der Waals surface area contributed by atoms with Gasteiger partial charge in [0.15, 0.2) is 0 Å². The Morgan fingerprint density at radius 1 is 1.17 bits per heavy atom. The van der Waals surface area contributed by atoms with Crippen molar-refractivity contribution in [3.63, 3.8) is 0 Å². The summed E-state index contributed by atoms with van der Waals surface area (Å²) in [6.07, 6.45) is -0.332. The summed E-state index contributed by atoms with van der Waals surface area (Å²) in [5.74, 6) is -0.0525. The number of carbonyl (C=O) groups excluding carboxylic acids is 1. The topological polar surface area (TPSA) is 80.5 Å². The highest BCUT2D eigenvalue weighted by molar-refractivity contribution is 5.87. The van der Waals surface area contributed by atoms with Gasteiger partial charge in [-0.05, 0) is 30.5 Å². The Balaban J connectivity index is 2.40. The van der Waals surface area contributed by atoms with Crippen LogP contribution in [-0.2, 0) is 14.9 Å². The maximum absolute atomic E-state index is 11.8. The molecule has 0 aromatic heterocycles.